The Kier molecular flexibility index (Phi) is 3.54. The molecule has 26 heavy (non-hydrogen) atoms. The molecule has 1 aliphatic heterocycles. The summed E-state index contributed by atoms with van der Waals surface area (Å²) in [6.45, 7) is 1.25. The molecule has 4 rings (SSSR count). The van der Waals surface area contributed by atoms with Gasteiger partial charge in [0.15, 0.2) is 11.7 Å². The normalized spacial score (nSPS) is 23.8. The lowest BCUT2D eigenvalue weighted by atomic mass is 9.96. The summed E-state index contributed by atoms with van der Waals surface area (Å²) in [6, 6.07) is 8.53. The highest BCUT2D eigenvalue weighted by Gasteiger charge is 2.56. The van der Waals surface area contributed by atoms with Gasteiger partial charge in [-0.2, -0.15) is 5.26 Å². The van der Waals surface area contributed by atoms with Crippen LogP contribution in [0.4, 0.5) is 4.79 Å². The van der Waals surface area contributed by atoms with Crippen molar-refractivity contribution in [2.24, 2.45) is 5.92 Å². The monoisotopic (exact) mass is 351 g/mol. The zero-order valence-electron chi connectivity index (χ0n) is 14.2. The van der Waals surface area contributed by atoms with Gasteiger partial charge in [-0.1, -0.05) is 12.1 Å². The second-order valence-corrected chi connectivity index (χ2v) is 6.97. The van der Waals surface area contributed by atoms with E-state index < -0.39 is 35.7 Å². The number of hydrogen-bond acceptors (Lipinski definition) is 5. The molecule has 2 aromatic rings. The predicted molar refractivity (Wildman–Crippen MR) is 90.8 cm³/mol. The molecule has 2 heterocycles. The van der Waals surface area contributed by atoms with Gasteiger partial charge in [-0.3, -0.25) is 14.5 Å². The number of imidazole rings is 1. The maximum Gasteiger partial charge on any atom is 0.325 e. The number of nitrogens with zero attached hydrogens (tertiary/aromatic N) is 3. The van der Waals surface area contributed by atoms with Crippen LogP contribution < -0.4 is 5.32 Å². The van der Waals surface area contributed by atoms with Gasteiger partial charge in [-0.05, 0) is 37.8 Å². The Labute approximate surface area is 149 Å². The smallest absolute Gasteiger partial charge is 0.325 e. The molecule has 1 saturated heterocycles. The molecule has 2 N–H and O–H groups in total. The van der Waals surface area contributed by atoms with Gasteiger partial charge in [0.2, 0.25) is 0 Å². The lowest BCUT2D eigenvalue weighted by Gasteiger charge is -2.20. The van der Waals surface area contributed by atoms with Gasteiger partial charge in [0, 0.05) is 0 Å². The van der Waals surface area contributed by atoms with Crippen molar-refractivity contribution in [3.8, 4) is 6.07 Å². The molecule has 0 spiro atoms. The van der Waals surface area contributed by atoms with E-state index in [1.807, 2.05) is 18.2 Å². The Morgan fingerprint density at radius 1 is 1.42 bits per heavy atom. The maximum atomic E-state index is 12.6. The van der Waals surface area contributed by atoms with E-state index >= 15 is 0 Å². The minimum Gasteiger partial charge on any atom is -0.340 e. The zero-order valence-corrected chi connectivity index (χ0v) is 14.2. The van der Waals surface area contributed by atoms with Gasteiger partial charge in [0.1, 0.15) is 11.4 Å². The van der Waals surface area contributed by atoms with Crippen LogP contribution in [0.15, 0.2) is 24.3 Å². The number of para-hydroxylation sites is 2. The molecule has 8 heteroatoms. The molecule has 2 aliphatic rings. The number of imide groups is 1. The number of Topliss-reactive ketones (excluding diaryl/α,β-unsaturated/α-hetero) is 1. The van der Waals surface area contributed by atoms with E-state index in [-0.39, 0.29) is 11.7 Å². The molecule has 2 unspecified atom stereocenters. The van der Waals surface area contributed by atoms with Crippen molar-refractivity contribution in [3.05, 3.63) is 30.1 Å². The second kappa shape index (κ2) is 5.66. The van der Waals surface area contributed by atoms with Crippen LogP contribution in [0.3, 0.4) is 0 Å². The van der Waals surface area contributed by atoms with E-state index in [9.17, 15) is 19.6 Å². The van der Waals surface area contributed by atoms with E-state index in [1.54, 1.807) is 19.1 Å². The van der Waals surface area contributed by atoms with Crippen molar-refractivity contribution >= 4 is 28.8 Å². The number of fused-ring (bicyclic) bond motifs is 1. The Hall–Kier alpha value is -3.21. The number of carbonyl (C=O) groups is 3. The maximum absolute atomic E-state index is 12.6. The summed E-state index contributed by atoms with van der Waals surface area (Å²) < 4.78 is 0. The molecule has 1 aliphatic carbocycles. The molecule has 2 fully saturated rings. The number of ketones is 1. The lowest BCUT2D eigenvalue weighted by Crippen LogP contribution is -2.46. The average Bonchev–Trinajstić information content (AvgIpc) is 3.35. The van der Waals surface area contributed by atoms with E-state index in [4.69, 9.17) is 0 Å². The number of aromatic nitrogens is 2. The molecule has 3 amide bonds. The number of urea groups is 1. The van der Waals surface area contributed by atoms with Gasteiger partial charge < -0.3 is 10.3 Å². The number of amides is 3. The number of nitrogens with one attached hydrogen (secondary N) is 2. The molecule has 1 aromatic heterocycles. The van der Waals surface area contributed by atoms with Crippen molar-refractivity contribution in [1.82, 2.24) is 20.2 Å². The first-order valence-electron chi connectivity index (χ1n) is 8.45. The molecular weight excluding hydrogens is 334 g/mol. The third-order valence-electron chi connectivity index (χ3n) is 5.14. The van der Waals surface area contributed by atoms with Crippen LogP contribution >= 0.6 is 0 Å². The van der Waals surface area contributed by atoms with E-state index in [0.29, 0.717) is 11.0 Å². The van der Waals surface area contributed by atoms with Crippen molar-refractivity contribution in [2.45, 2.75) is 31.2 Å². The second-order valence-electron chi connectivity index (χ2n) is 6.97. The molecule has 1 saturated carbocycles. The molecule has 132 valence electrons. The largest absolute Gasteiger partial charge is 0.340 e. The van der Waals surface area contributed by atoms with Crippen LogP contribution in [0.2, 0.25) is 0 Å². The summed E-state index contributed by atoms with van der Waals surface area (Å²) in [5.74, 6) is -1.79. The quantitative estimate of drug-likeness (QED) is 0.791. The highest BCUT2D eigenvalue weighted by Crippen LogP contribution is 2.42. The first-order valence-corrected chi connectivity index (χ1v) is 8.45. The van der Waals surface area contributed by atoms with Crippen LogP contribution in [-0.4, -0.2) is 44.7 Å². The SMILES string of the molecule is CC1(C2CC2)NC(=O)N(CC(=O)C(C#N)c2nc3ccccc3[nH]2)C1=O. The first kappa shape index (κ1) is 16.3. The molecule has 2 atom stereocenters. The van der Waals surface area contributed by atoms with Gasteiger partial charge in [0.25, 0.3) is 5.91 Å². The van der Waals surface area contributed by atoms with Gasteiger partial charge in [-0.15, -0.1) is 0 Å². The van der Waals surface area contributed by atoms with E-state index in [1.165, 1.54) is 0 Å². The highest BCUT2D eigenvalue weighted by molar-refractivity contribution is 6.10. The fourth-order valence-electron chi connectivity index (χ4n) is 3.44. The average molecular weight is 351 g/mol. The molecular formula is C18H17N5O3. The standard InChI is InChI=1S/C18H17N5O3/c1-18(10-6-7-10)16(25)23(17(26)22-18)9-14(24)11(8-19)15-20-12-4-2-3-5-13(12)21-15/h2-5,10-11H,6-7,9H2,1H3,(H,20,21)(H,22,26). The van der Waals surface area contributed by atoms with E-state index in [0.717, 1.165) is 17.7 Å². The summed E-state index contributed by atoms with van der Waals surface area (Å²) in [5.41, 5.74) is 0.414. The Bertz CT molecular complexity index is 938. The number of rotatable bonds is 5. The van der Waals surface area contributed by atoms with Crippen LogP contribution in [0.5, 0.6) is 0 Å². The summed E-state index contributed by atoms with van der Waals surface area (Å²) in [5, 5.41) is 12.1. The molecule has 1 aromatic carbocycles. The van der Waals surface area contributed by atoms with Gasteiger partial charge in [-0.25, -0.2) is 9.78 Å². The Morgan fingerprint density at radius 3 is 2.81 bits per heavy atom. The first-order chi connectivity index (χ1) is 12.4. The summed E-state index contributed by atoms with van der Waals surface area (Å²) >= 11 is 0. The third-order valence-corrected chi connectivity index (χ3v) is 5.14. The summed E-state index contributed by atoms with van der Waals surface area (Å²) in [4.78, 5) is 45.6. The number of carbonyl (C=O) groups excluding carboxylic acids is 3. The number of hydrogen-bond donors (Lipinski definition) is 2. The van der Waals surface area contributed by atoms with Gasteiger partial charge >= 0.3 is 6.03 Å². The van der Waals surface area contributed by atoms with Crippen molar-refractivity contribution < 1.29 is 14.4 Å². The van der Waals surface area contributed by atoms with Gasteiger partial charge in [0.05, 0.1) is 23.6 Å². The predicted octanol–water partition coefficient (Wildman–Crippen LogP) is 1.46. The topological polar surface area (TPSA) is 119 Å². The van der Waals surface area contributed by atoms with Crippen molar-refractivity contribution in [3.63, 3.8) is 0 Å². The Morgan fingerprint density at radius 2 is 2.15 bits per heavy atom. The zero-order chi connectivity index (χ0) is 18.5. The number of H-pyrrole nitrogens is 1. The van der Waals surface area contributed by atoms with Crippen LogP contribution in [0.1, 0.15) is 31.5 Å². The summed E-state index contributed by atoms with van der Waals surface area (Å²) in [6.07, 6.45) is 1.76. The van der Waals surface area contributed by atoms with Crippen LogP contribution in [0, 0.1) is 17.2 Å². The molecule has 0 bridgehead atoms. The fraction of sp³-hybridized carbons (Fsp3) is 0.389. The van der Waals surface area contributed by atoms with Crippen LogP contribution in [0.25, 0.3) is 11.0 Å². The third kappa shape index (κ3) is 2.44. The molecule has 8 nitrogen and oxygen atoms in total. The van der Waals surface area contributed by atoms with Crippen LogP contribution in [-0.2, 0) is 9.59 Å². The van der Waals surface area contributed by atoms with Crippen molar-refractivity contribution in [1.29, 1.82) is 5.26 Å². The Balaban J connectivity index is 1.55. The number of nitriles is 1. The number of benzene rings is 1. The highest BCUT2D eigenvalue weighted by atomic mass is 16.2. The molecule has 0 radical (unpaired) electrons. The number of aromatic amines is 1. The van der Waals surface area contributed by atoms with Crippen molar-refractivity contribution in [2.75, 3.05) is 6.54 Å². The minimum atomic E-state index is -1.17. The fourth-order valence-corrected chi connectivity index (χ4v) is 3.44. The van der Waals surface area contributed by atoms with E-state index in [2.05, 4.69) is 15.3 Å². The summed E-state index contributed by atoms with van der Waals surface area (Å²) in [7, 11) is 0. The lowest BCUT2D eigenvalue weighted by molar-refractivity contribution is -0.134. The minimum absolute atomic E-state index is 0.112.